The molecule has 20 heavy (non-hydrogen) atoms. The molecule has 1 unspecified atom stereocenters. The Bertz CT molecular complexity index is 624. The van der Waals surface area contributed by atoms with Gasteiger partial charge in [0.2, 0.25) is 11.6 Å². The van der Waals surface area contributed by atoms with E-state index in [9.17, 15) is 15.2 Å². The maximum Gasteiger partial charge on any atom is 0.311 e. The average Bonchev–Trinajstić information content (AvgIpc) is 2.41. The first-order chi connectivity index (χ1) is 9.47. The van der Waals surface area contributed by atoms with Crippen LogP contribution >= 0.6 is 0 Å². The van der Waals surface area contributed by atoms with Crippen LogP contribution in [0.15, 0.2) is 36.5 Å². The normalized spacial score (nSPS) is 11.9. The molecule has 0 aliphatic carbocycles. The molecular formula is C14H14N2O4. The molecule has 0 saturated carbocycles. The number of pyridine rings is 1. The minimum absolute atomic E-state index is 0.105. The second kappa shape index (κ2) is 5.66. The Morgan fingerprint density at radius 1 is 1.35 bits per heavy atom. The molecule has 2 aromatic rings. The number of nitrogens with zero attached hydrogens (tertiary/aromatic N) is 2. The van der Waals surface area contributed by atoms with Crippen molar-refractivity contribution in [3.63, 3.8) is 0 Å². The Morgan fingerprint density at radius 3 is 2.65 bits per heavy atom. The number of nitro groups is 1. The van der Waals surface area contributed by atoms with Crippen molar-refractivity contribution in [2.45, 2.75) is 20.0 Å². The monoisotopic (exact) mass is 274 g/mol. The fourth-order valence-corrected chi connectivity index (χ4v) is 1.67. The molecule has 2 rings (SSSR count). The van der Waals surface area contributed by atoms with Crippen molar-refractivity contribution in [2.24, 2.45) is 0 Å². The summed E-state index contributed by atoms with van der Waals surface area (Å²) in [6, 6.07) is 7.93. The molecule has 0 bridgehead atoms. The molecule has 1 N–H and O–H groups in total. The standard InChI is InChI=1S/C14H14N2O4/c1-9-3-5-13(12(7-9)16(18)19)20-14-6-4-11(8-15-14)10(2)17/h3-8,10,17H,1-2H3. The molecule has 0 amide bonds. The summed E-state index contributed by atoms with van der Waals surface area (Å²) in [5.41, 5.74) is 1.32. The van der Waals surface area contributed by atoms with Gasteiger partial charge in [-0.25, -0.2) is 4.98 Å². The van der Waals surface area contributed by atoms with Crippen molar-refractivity contribution in [3.8, 4) is 11.6 Å². The van der Waals surface area contributed by atoms with Crippen LogP contribution in [0.3, 0.4) is 0 Å². The van der Waals surface area contributed by atoms with Crippen molar-refractivity contribution in [1.82, 2.24) is 4.98 Å². The molecule has 1 atom stereocenters. The third kappa shape index (κ3) is 3.10. The number of aromatic nitrogens is 1. The summed E-state index contributed by atoms with van der Waals surface area (Å²) >= 11 is 0. The first-order valence-corrected chi connectivity index (χ1v) is 6.04. The molecule has 104 valence electrons. The van der Waals surface area contributed by atoms with Gasteiger partial charge >= 0.3 is 5.69 Å². The quantitative estimate of drug-likeness (QED) is 0.683. The Kier molecular flexibility index (Phi) is 3.95. The van der Waals surface area contributed by atoms with E-state index in [-0.39, 0.29) is 17.3 Å². The van der Waals surface area contributed by atoms with Crippen molar-refractivity contribution in [2.75, 3.05) is 0 Å². The maximum atomic E-state index is 11.0. The van der Waals surface area contributed by atoms with Crippen LogP contribution in [0.2, 0.25) is 0 Å². The Hall–Kier alpha value is -2.47. The first kappa shape index (κ1) is 14.0. The highest BCUT2D eigenvalue weighted by Crippen LogP contribution is 2.31. The van der Waals surface area contributed by atoms with Crippen LogP contribution in [-0.4, -0.2) is 15.0 Å². The van der Waals surface area contributed by atoms with E-state index in [1.54, 1.807) is 32.0 Å². The SMILES string of the molecule is Cc1ccc(Oc2ccc(C(C)O)cn2)c([N+](=O)[O-])c1. The lowest BCUT2D eigenvalue weighted by atomic mass is 10.2. The lowest BCUT2D eigenvalue weighted by Crippen LogP contribution is -1.96. The number of hydrogen-bond donors (Lipinski definition) is 1. The van der Waals surface area contributed by atoms with Gasteiger partial charge in [-0.05, 0) is 37.1 Å². The Morgan fingerprint density at radius 2 is 2.10 bits per heavy atom. The highest BCUT2D eigenvalue weighted by Gasteiger charge is 2.16. The van der Waals surface area contributed by atoms with E-state index in [1.807, 2.05) is 0 Å². The fraction of sp³-hybridized carbons (Fsp3) is 0.214. The summed E-state index contributed by atoms with van der Waals surface area (Å²) < 4.78 is 5.43. The highest BCUT2D eigenvalue weighted by molar-refractivity contribution is 5.49. The molecule has 1 heterocycles. The Balaban J connectivity index is 2.28. The lowest BCUT2D eigenvalue weighted by Gasteiger charge is -2.08. The number of aliphatic hydroxyl groups is 1. The number of aliphatic hydroxyl groups excluding tert-OH is 1. The molecule has 6 nitrogen and oxygen atoms in total. The zero-order valence-electron chi connectivity index (χ0n) is 11.1. The van der Waals surface area contributed by atoms with Crippen LogP contribution in [0.4, 0.5) is 5.69 Å². The van der Waals surface area contributed by atoms with Gasteiger partial charge < -0.3 is 9.84 Å². The lowest BCUT2D eigenvalue weighted by molar-refractivity contribution is -0.385. The molecule has 0 fully saturated rings. The number of rotatable bonds is 4. The van der Waals surface area contributed by atoms with Gasteiger partial charge in [0.15, 0.2) is 0 Å². The molecular weight excluding hydrogens is 260 g/mol. The second-order valence-corrected chi connectivity index (χ2v) is 4.44. The second-order valence-electron chi connectivity index (χ2n) is 4.44. The molecule has 6 heteroatoms. The molecule has 0 saturated heterocycles. The van der Waals surface area contributed by atoms with Gasteiger partial charge in [-0.15, -0.1) is 0 Å². The van der Waals surface area contributed by atoms with Crippen LogP contribution in [0.25, 0.3) is 0 Å². The summed E-state index contributed by atoms with van der Waals surface area (Å²) in [5.74, 6) is 0.374. The summed E-state index contributed by atoms with van der Waals surface area (Å²) in [4.78, 5) is 14.5. The fourth-order valence-electron chi connectivity index (χ4n) is 1.67. The van der Waals surface area contributed by atoms with Crippen LogP contribution < -0.4 is 4.74 Å². The first-order valence-electron chi connectivity index (χ1n) is 6.04. The summed E-state index contributed by atoms with van der Waals surface area (Å²) in [6.45, 7) is 3.40. The number of hydrogen-bond acceptors (Lipinski definition) is 5. The van der Waals surface area contributed by atoms with Crippen LogP contribution in [0.5, 0.6) is 11.6 Å². The average molecular weight is 274 g/mol. The zero-order valence-corrected chi connectivity index (χ0v) is 11.1. The predicted octanol–water partition coefficient (Wildman–Crippen LogP) is 3.14. The summed E-state index contributed by atoms with van der Waals surface area (Å²) in [5, 5.41) is 20.4. The van der Waals surface area contributed by atoms with E-state index in [0.717, 1.165) is 5.56 Å². The van der Waals surface area contributed by atoms with Crippen molar-refractivity contribution < 1.29 is 14.8 Å². The number of aryl methyl sites for hydroxylation is 1. The topological polar surface area (TPSA) is 85.5 Å². The van der Waals surface area contributed by atoms with Gasteiger partial charge in [-0.3, -0.25) is 10.1 Å². The van der Waals surface area contributed by atoms with E-state index in [1.165, 1.54) is 18.3 Å². The predicted molar refractivity (Wildman–Crippen MR) is 72.8 cm³/mol. The summed E-state index contributed by atoms with van der Waals surface area (Å²) in [7, 11) is 0. The maximum absolute atomic E-state index is 11.0. The number of ether oxygens (including phenoxy) is 1. The number of benzene rings is 1. The van der Waals surface area contributed by atoms with E-state index >= 15 is 0 Å². The minimum Gasteiger partial charge on any atom is -0.432 e. The van der Waals surface area contributed by atoms with E-state index in [2.05, 4.69) is 4.98 Å². The molecule has 1 aromatic heterocycles. The van der Waals surface area contributed by atoms with E-state index in [0.29, 0.717) is 5.56 Å². The molecule has 0 spiro atoms. The highest BCUT2D eigenvalue weighted by atomic mass is 16.6. The summed E-state index contributed by atoms with van der Waals surface area (Å²) in [6.07, 6.45) is 0.852. The van der Waals surface area contributed by atoms with Gasteiger partial charge in [-0.2, -0.15) is 0 Å². The van der Waals surface area contributed by atoms with Crippen molar-refractivity contribution in [1.29, 1.82) is 0 Å². The van der Waals surface area contributed by atoms with Crippen LogP contribution in [0.1, 0.15) is 24.2 Å². The van der Waals surface area contributed by atoms with E-state index in [4.69, 9.17) is 4.74 Å². The van der Waals surface area contributed by atoms with Gasteiger partial charge in [0.25, 0.3) is 0 Å². The zero-order chi connectivity index (χ0) is 14.7. The number of nitro benzene ring substituents is 1. The molecule has 0 aliphatic heterocycles. The largest absolute Gasteiger partial charge is 0.432 e. The molecule has 0 aliphatic rings. The van der Waals surface area contributed by atoms with E-state index < -0.39 is 11.0 Å². The van der Waals surface area contributed by atoms with Gasteiger partial charge in [0.05, 0.1) is 11.0 Å². The third-order valence-corrected chi connectivity index (χ3v) is 2.77. The smallest absolute Gasteiger partial charge is 0.311 e. The third-order valence-electron chi connectivity index (χ3n) is 2.77. The molecule has 1 aromatic carbocycles. The van der Waals surface area contributed by atoms with Gasteiger partial charge in [0.1, 0.15) is 0 Å². The van der Waals surface area contributed by atoms with Crippen LogP contribution in [0, 0.1) is 17.0 Å². The molecule has 0 radical (unpaired) electrons. The minimum atomic E-state index is -0.620. The Labute approximate surface area is 115 Å². The van der Waals surface area contributed by atoms with Crippen molar-refractivity contribution >= 4 is 5.69 Å². The van der Waals surface area contributed by atoms with Crippen molar-refractivity contribution in [3.05, 3.63) is 57.8 Å². The van der Waals surface area contributed by atoms with Gasteiger partial charge in [-0.1, -0.05) is 6.07 Å². The van der Waals surface area contributed by atoms with Crippen LogP contribution in [-0.2, 0) is 0 Å². The van der Waals surface area contributed by atoms with Gasteiger partial charge in [0, 0.05) is 18.3 Å².